The number of aliphatic hydroxyl groups excluding tert-OH is 1. The van der Waals surface area contributed by atoms with Crippen LogP contribution < -0.4 is 0 Å². The van der Waals surface area contributed by atoms with Crippen molar-refractivity contribution in [1.29, 1.82) is 0 Å². The quantitative estimate of drug-likeness (QED) is 0.743. The van der Waals surface area contributed by atoms with Crippen molar-refractivity contribution in [2.45, 2.75) is 19.4 Å². The van der Waals surface area contributed by atoms with Gasteiger partial charge in [-0.25, -0.2) is 0 Å². The summed E-state index contributed by atoms with van der Waals surface area (Å²) >= 11 is 0. The fourth-order valence-electron chi connectivity index (χ4n) is 1.31. The van der Waals surface area contributed by atoms with Crippen molar-refractivity contribution in [3.63, 3.8) is 0 Å². The molecule has 0 radical (unpaired) electrons. The minimum Gasteiger partial charge on any atom is -0.469 e. The maximum atomic E-state index is 10.9. The van der Waals surface area contributed by atoms with Crippen molar-refractivity contribution in [2.24, 2.45) is 0 Å². The number of carbonyl (C=O) groups excluding carboxylic acids is 1. The van der Waals surface area contributed by atoms with Gasteiger partial charge < -0.3 is 9.84 Å². The summed E-state index contributed by atoms with van der Waals surface area (Å²) in [5.41, 5.74) is 1.75. The summed E-state index contributed by atoms with van der Waals surface area (Å²) < 4.78 is 4.48. The van der Waals surface area contributed by atoms with Gasteiger partial charge >= 0.3 is 5.97 Å². The van der Waals surface area contributed by atoms with Crippen LogP contribution in [0.15, 0.2) is 24.3 Å². The molecule has 14 heavy (non-hydrogen) atoms. The van der Waals surface area contributed by atoms with E-state index in [4.69, 9.17) is 0 Å². The highest BCUT2D eigenvalue weighted by atomic mass is 16.5. The fourth-order valence-corrected chi connectivity index (χ4v) is 1.31. The molecule has 0 aliphatic carbocycles. The molecule has 1 N–H and O–H groups in total. The predicted octanol–water partition coefficient (Wildman–Crippen LogP) is 1.59. The van der Waals surface area contributed by atoms with E-state index in [1.807, 2.05) is 31.2 Å². The van der Waals surface area contributed by atoms with Gasteiger partial charge in [-0.05, 0) is 18.1 Å². The lowest BCUT2D eigenvalue weighted by Crippen LogP contribution is -2.08. The van der Waals surface area contributed by atoms with Crippen LogP contribution in [-0.4, -0.2) is 18.2 Å². The van der Waals surface area contributed by atoms with E-state index in [1.54, 1.807) is 0 Å². The standard InChI is InChI=1S/C11H14O3/c1-8-5-3-4-6-9(8)10(12)7-11(13)14-2/h3-6,10,12H,7H2,1-2H3. The molecular weight excluding hydrogens is 180 g/mol. The summed E-state index contributed by atoms with van der Waals surface area (Å²) in [4.78, 5) is 10.9. The van der Waals surface area contributed by atoms with Crippen LogP contribution in [0.25, 0.3) is 0 Å². The van der Waals surface area contributed by atoms with Gasteiger partial charge in [0.1, 0.15) is 0 Å². The molecule has 0 fully saturated rings. The van der Waals surface area contributed by atoms with Crippen molar-refractivity contribution < 1.29 is 14.6 Å². The van der Waals surface area contributed by atoms with Gasteiger partial charge in [0.15, 0.2) is 0 Å². The van der Waals surface area contributed by atoms with Crippen LogP contribution in [0.5, 0.6) is 0 Å². The minimum absolute atomic E-state index is 0.00134. The molecule has 0 aromatic heterocycles. The summed E-state index contributed by atoms with van der Waals surface area (Å²) in [6.07, 6.45) is -0.773. The lowest BCUT2D eigenvalue weighted by Gasteiger charge is -2.11. The van der Waals surface area contributed by atoms with E-state index >= 15 is 0 Å². The number of rotatable bonds is 3. The van der Waals surface area contributed by atoms with Crippen molar-refractivity contribution in [3.05, 3.63) is 35.4 Å². The highest BCUT2D eigenvalue weighted by molar-refractivity contribution is 5.70. The Kier molecular flexibility index (Phi) is 3.65. The molecule has 1 atom stereocenters. The highest BCUT2D eigenvalue weighted by Crippen LogP contribution is 2.20. The molecule has 0 amide bonds. The van der Waals surface area contributed by atoms with Gasteiger partial charge in [0, 0.05) is 0 Å². The Morgan fingerprint density at radius 3 is 2.71 bits per heavy atom. The number of hydrogen-bond acceptors (Lipinski definition) is 3. The first-order chi connectivity index (χ1) is 6.65. The summed E-state index contributed by atoms with van der Waals surface area (Å²) in [6.45, 7) is 1.90. The van der Waals surface area contributed by atoms with E-state index in [0.29, 0.717) is 0 Å². The molecule has 0 aliphatic heterocycles. The van der Waals surface area contributed by atoms with Gasteiger partial charge in [-0.3, -0.25) is 4.79 Å². The molecule has 0 heterocycles. The Hall–Kier alpha value is -1.35. The van der Waals surface area contributed by atoms with E-state index in [-0.39, 0.29) is 6.42 Å². The maximum absolute atomic E-state index is 10.9. The lowest BCUT2D eigenvalue weighted by atomic mass is 10.0. The zero-order valence-electron chi connectivity index (χ0n) is 8.36. The zero-order chi connectivity index (χ0) is 10.6. The fraction of sp³-hybridized carbons (Fsp3) is 0.364. The first-order valence-corrected chi connectivity index (χ1v) is 4.45. The van der Waals surface area contributed by atoms with Gasteiger partial charge in [0.25, 0.3) is 0 Å². The number of hydrogen-bond donors (Lipinski definition) is 1. The van der Waals surface area contributed by atoms with Gasteiger partial charge in [0.05, 0.1) is 19.6 Å². The third-order valence-corrected chi connectivity index (χ3v) is 2.14. The van der Waals surface area contributed by atoms with Crippen molar-refractivity contribution >= 4 is 5.97 Å². The molecule has 3 nitrogen and oxygen atoms in total. The molecule has 0 aliphatic rings. The highest BCUT2D eigenvalue weighted by Gasteiger charge is 2.14. The summed E-state index contributed by atoms with van der Waals surface area (Å²) in [6, 6.07) is 7.44. The van der Waals surface area contributed by atoms with E-state index in [1.165, 1.54) is 7.11 Å². The first kappa shape index (κ1) is 10.7. The van der Waals surface area contributed by atoms with E-state index in [9.17, 15) is 9.90 Å². The molecule has 0 bridgehead atoms. The number of aliphatic hydroxyl groups is 1. The van der Waals surface area contributed by atoms with Crippen LogP contribution in [-0.2, 0) is 9.53 Å². The zero-order valence-corrected chi connectivity index (χ0v) is 8.36. The van der Waals surface area contributed by atoms with Crippen molar-refractivity contribution in [2.75, 3.05) is 7.11 Å². The summed E-state index contributed by atoms with van der Waals surface area (Å²) in [7, 11) is 1.31. The second-order valence-corrected chi connectivity index (χ2v) is 3.15. The molecule has 0 saturated heterocycles. The van der Waals surface area contributed by atoms with Crippen molar-refractivity contribution in [3.8, 4) is 0 Å². The smallest absolute Gasteiger partial charge is 0.308 e. The third kappa shape index (κ3) is 2.57. The maximum Gasteiger partial charge on any atom is 0.308 e. The number of ether oxygens (including phenoxy) is 1. The number of carbonyl (C=O) groups is 1. The number of methoxy groups -OCH3 is 1. The van der Waals surface area contributed by atoms with Gasteiger partial charge in [0.2, 0.25) is 0 Å². The Bertz CT molecular complexity index is 320. The number of esters is 1. The summed E-state index contributed by atoms with van der Waals surface area (Å²) in [5, 5.41) is 9.70. The molecule has 1 aromatic rings. The Morgan fingerprint density at radius 1 is 1.50 bits per heavy atom. The molecule has 76 valence electrons. The summed E-state index contributed by atoms with van der Waals surface area (Å²) in [5.74, 6) is -0.402. The molecule has 1 rings (SSSR count). The van der Waals surface area contributed by atoms with Crippen LogP contribution in [0, 0.1) is 6.92 Å². The topological polar surface area (TPSA) is 46.5 Å². The van der Waals surface area contributed by atoms with E-state index < -0.39 is 12.1 Å². The normalized spacial score (nSPS) is 12.2. The Labute approximate surface area is 83.3 Å². The van der Waals surface area contributed by atoms with Gasteiger partial charge in [-0.1, -0.05) is 24.3 Å². The van der Waals surface area contributed by atoms with Crippen LogP contribution >= 0.6 is 0 Å². The largest absolute Gasteiger partial charge is 0.469 e. The molecule has 0 saturated carbocycles. The van der Waals surface area contributed by atoms with Crippen LogP contribution in [0.4, 0.5) is 0 Å². The minimum atomic E-state index is -0.774. The van der Waals surface area contributed by atoms with Crippen LogP contribution in [0.2, 0.25) is 0 Å². The van der Waals surface area contributed by atoms with Crippen LogP contribution in [0.3, 0.4) is 0 Å². The molecule has 1 aromatic carbocycles. The second kappa shape index (κ2) is 4.77. The first-order valence-electron chi connectivity index (χ1n) is 4.45. The number of aryl methyl sites for hydroxylation is 1. The number of benzene rings is 1. The molecule has 0 spiro atoms. The molecule has 1 unspecified atom stereocenters. The predicted molar refractivity (Wildman–Crippen MR) is 52.8 cm³/mol. The Balaban J connectivity index is 2.74. The lowest BCUT2D eigenvalue weighted by molar-refractivity contribution is -0.142. The second-order valence-electron chi connectivity index (χ2n) is 3.15. The average molecular weight is 194 g/mol. The van der Waals surface area contributed by atoms with Gasteiger partial charge in [-0.15, -0.1) is 0 Å². The third-order valence-electron chi connectivity index (χ3n) is 2.14. The average Bonchev–Trinajstić information content (AvgIpc) is 2.18. The van der Waals surface area contributed by atoms with E-state index in [0.717, 1.165) is 11.1 Å². The van der Waals surface area contributed by atoms with E-state index in [2.05, 4.69) is 4.74 Å². The van der Waals surface area contributed by atoms with Gasteiger partial charge in [-0.2, -0.15) is 0 Å². The van der Waals surface area contributed by atoms with Crippen molar-refractivity contribution in [1.82, 2.24) is 0 Å². The van der Waals surface area contributed by atoms with Crippen LogP contribution in [0.1, 0.15) is 23.7 Å². The molecule has 3 heteroatoms. The SMILES string of the molecule is COC(=O)CC(O)c1ccccc1C. The Morgan fingerprint density at radius 2 is 2.14 bits per heavy atom. The monoisotopic (exact) mass is 194 g/mol. The molecular formula is C11H14O3.